The van der Waals surface area contributed by atoms with Crippen LogP contribution >= 0.6 is 23.6 Å². The number of rotatable bonds is 3. The molecular formula is C14H21N5S2. The Labute approximate surface area is 134 Å². The molecule has 7 heteroatoms. The molecule has 3 rings (SSSR count). The summed E-state index contributed by atoms with van der Waals surface area (Å²) in [6.07, 6.45) is 1.06. The number of hydrogen-bond donors (Lipinski definition) is 0. The van der Waals surface area contributed by atoms with E-state index in [1.54, 1.807) is 11.3 Å². The standard InChI is InChI=1S/C14H21N5S2/c1-4-5-19-13-11(21-14(19)20)12(15-10(2)16-13)18-8-6-17(3)7-9-18/h4-9H2,1-3H3. The fourth-order valence-corrected chi connectivity index (χ4v) is 4.09. The lowest BCUT2D eigenvalue weighted by Gasteiger charge is -2.33. The molecule has 1 fully saturated rings. The predicted molar refractivity (Wildman–Crippen MR) is 91.0 cm³/mol. The lowest BCUT2D eigenvalue weighted by Crippen LogP contribution is -2.44. The second-order valence-electron chi connectivity index (χ2n) is 5.56. The van der Waals surface area contributed by atoms with Crippen molar-refractivity contribution in [2.45, 2.75) is 26.8 Å². The molecule has 5 nitrogen and oxygen atoms in total. The van der Waals surface area contributed by atoms with E-state index in [4.69, 9.17) is 17.2 Å². The molecule has 0 saturated carbocycles. The topological polar surface area (TPSA) is 37.2 Å². The van der Waals surface area contributed by atoms with Crippen LogP contribution in [0.3, 0.4) is 0 Å². The summed E-state index contributed by atoms with van der Waals surface area (Å²) in [7, 11) is 2.17. The van der Waals surface area contributed by atoms with Gasteiger partial charge >= 0.3 is 0 Å². The zero-order valence-corrected chi connectivity index (χ0v) is 14.4. The lowest BCUT2D eigenvalue weighted by molar-refractivity contribution is 0.312. The maximum atomic E-state index is 5.53. The van der Waals surface area contributed by atoms with Crippen LogP contribution in [0.1, 0.15) is 19.2 Å². The third kappa shape index (κ3) is 2.82. The van der Waals surface area contributed by atoms with E-state index in [-0.39, 0.29) is 0 Å². The highest BCUT2D eigenvalue weighted by molar-refractivity contribution is 7.73. The molecule has 0 radical (unpaired) electrons. The van der Waals surface area contributed by atoms with Crippen LogP contribution in [0.15, 0.2) is 0 Å². The summed E-state index contributed by atoms with van der Waals surface area (Å²) in [6.45, 7) is 9.24. The monoisotopic (exact) mass is 323 g/mol. The molecule has 0 aromatic carbocycles. The first-order valence-electron chi connectivity index (χ1n) is 7.41. The van der Waals surface area contributed by atoms with Gasteiger partial charge in [0.05, 0.1) is 0 Å². The van der Waals surface area contributed by atoms with E-state index in [1.807, 2.05) is 6.92 Å². The highest BCUT2D eigenvalue weighted by Gasteiger charge is 2.21. The fraction of sp³-hybridized carbons (Fsp3) is 0.643. The summed E-state index contributed by atoms with van der Waals surface area (Å²) >= 11 is 7.17. The van der Waals surface area contributed by atoms with Gasteiger partial charge in [0.1, 0.15) is 10.5 Å². The molecule has 1 aliphatic heterocycles. The maximum absolute atomic E-state index is 5.53. The Balaban J connectivity index is 2.10. The molecule has 3 heterocycles. The predicted octanol–water partition coefficient (Wildman–Crippen LogP) is 2.69. The van der Waals surface area contributed by atoms with Crippen LogP contribution in [0.25, 0.3) is 10.3 Å². The van der Waals surface area contributed by atoms with Crippen LogP contribution in [0.2, 0.25) is 0 Å². The van der Waals surface area contributed by atoms with Crippen molar-refractivity contribution in [3.05, 3.63) is 9.78 Å². The van der Waals surface area contributed by atoms with Crippen LogP contribution in [0.4, 0.5) is 5.82 Å². The number of anilines is 1. The second-order valence-corrected chi connectivity index (χ2v) is 7.20. The molecule has 0 N–H and O–H groups in total. The quantitative estimate of drug-likeness (QED) is 0.812. The summed E-state index contributed by atoms with van der Waals surface area (Å²) in [4.78, 5) is 14.1. The smallest absolute Gasteiger partial charge is 0.163 e. The molecule has 0 spiro atoms. The van der Waals surface area contributed by atoms with Gasteiger partial charge < -0.3 is 14.4 Å². The summed E-state index contributed by atoms with van der Waals surface area (Å²) in [5.74, 6) is 1.89. The van der Waals surface area contributed by atoms with Crippen LogP contribution < -0.4 is 4.90 Å². The first-order chi connectivity index (χ1) is 10.1. The van der Waals surface area contributed by atoms with Crippen molar-refractivity contribution in [2.75, 3.05) is 38.1 Å². The Kier molecular flexibility index (Phi) is 4.24. The molecule has 1 saturated heterocycles. The highest BCUT2D eigenvalue weighted by Crippen LogP contribution is 2.31. The van der Waals surface area contributed by atoms with Crippen LogP contribution in [-0.2, 0) is 6.54 Å². The van der Waals surface area contributed by atoms with E-state index >= 15 is 0 Å². The number of nitrogens with zero attached hydrogens (tertiary/aromatic N) is 5. The Hall–Kier alpha value is -1.05. The van der Waals surface area contributed by atoms with E-state index in [0.717, 1.165) is 65.1 Å². The summed E-state index contributed by atoms with van der Waals surface area (Å²) in [5, 5.41) is 0. The van der Waals surface area contributed by atoms with Crippen LogP contribution in [0, 0.1) is 10.9 Å². The lowest BCUT2D eigenvalue weighted by atomic mass is 10.3. The molecular weight excluding hydrogens is 302 g/mol. The minimum Gasteiger partial charge on any atom is -0.353 e. The van der Waals surface area contributed by atoms with Gasteiger partial charge in [-0.25, -0.2) is 9.97 Å². The van der Waals surface area contributed by atoms with Gasteiger partial charge in [-0.3, -0.25) is 0 Å². The van der Waals surface area contributed by atoms with Crippen LogP contribution in [-0.4, -0.2) is 52.7 Å². The number of fused-ring (bicyclic) bond motifs is 1. The van der Waals surface area contributed by atoms with Crippen molar-refractivity contribution in [1.82, 2.24) is 19.4 Å². The molecule has 21 heavy (non-hydrogen) atoms. The molecule has 0 bridgehead atoms. The summed E-state index contributed by atoms with van der Waals surface area (Å²) in [6, 6.07) is 0. The molecule has 0 aliphatic carbocycles. The largest absolute Gasteiger partial charge is 0.353 e. The van der Waals surface area contributed by atoms with Crippen molar-refractivity contribution >= 4 is 39.7 Å². The minimum atomic E-state index is 0.828. The van der Waals surface area contributed by atoms with Gasteiger partial charge in [0.25, 0.3) is 0 Å². The minimum absolute atomic E-state index is 0.828. The molecule has 2 aromatic heterocycles. The fourth-order valence-electron chi connectivity index (χ4n) is 2.69. The van der Waals surface area contributed by atoms with E-state index < -0.39 is 0 Å². The molecule has 0 atom stereocenters. The SMILES string of the molecule is CCCn1c(=S)sc2c(N3CCN(C)CC3)nc(C)nc21. The molecule has 0 amide bonds. The molecule has 0 unspecified atom stereocenters. The third-order valence-electron chi connectivity index (χ3n) is 3.86. The van der Waals surface area contributed by atoms with Crippen molar-refractivity contribution in [2.24, 2.45) is 0 Å². The van der Waals surface area contributed by atoms with E-state index in [0.29, 0.717) is 0 Å². The number of aromatic nitrogens is 3. The van der Waals surface area contributed by atoms with Crippen molar-refractivity contribution in [3.63, 3.8) is 0 Å². The zero-order chi connectivity index (χ0) is 15.0. The summed E-state index contributed by atoms with van der Waals surface area (Å²) in [5.41, 5.74) is 1.01. The van der Waals surface area contributed by atoms with Crippen molar-refractivity contribution in [1.29, 1.82) is 0 Å². The Morgan fingerprint density at radius 3 is 2.57 bits per heavy atom. The normalized spacial score (nSPS) is 16.8. The average molecular weight is 323 g/mol. The van der Waals surface area contributed by atoms with Gasteiger partial charge in [-0.1, -0.05) is 18.3 Å². The highest BCUT2D eigenvalue weighted by atomic mass is 32.1. The van der Waals surface area contributed by atoms with E-state index in [1.165, 1.54) is 0 Å². The first-order valence-corrected chi connectivity index (χ1v) is 8.64. The third-order valence-corrected chi connectivity index (χ3v) is 5.29. The van der Waals surface area contributed by atoms with Crippen molar-refractivity contribution in [3.8, 4) is 0 Å². The van der Waals surface area contributed by atoms with Gasteiger partial charge in [-0.2, -0.15) is 0 Å². The second kappa shape index (κ2) is 5.98. The molecule has 114 valence electrons. The Bertz CT molecular complexity index is 697. The first kappa shape index (κ1) is 14.9. The van der Waals surface area contributed by atoms with Crippen LogP contribution in [0.5, 0.6) is 0 Å². The van der Waals surface area contributed by atoms with E-state index in [9.17, 15) is 0 Å². The van der Waals surface area contributed by atoms with Gasteiger partial charge in [0.15, 0.2) is 15.4 Å². The molecule has 1 aliphatic rings. The average Bonchev–Trinajstić information content (AvgIpc) is 2.76. The summed E-state index contributed by atoms with van der Waals surface area (Å²) < 4.78 is 4.20. The Morgan fingerprint density at radius 2 is 1.90 bits per heavy atom. The number of aryl methyl sites for hydroxylation is 2. The number of thiazole rings is 1. The van der Waals surface area contributed by atoms with Gasteiger partial charge in [0.2, 0.25) is 0 Å². The maximum Gasteiger partial charge on any atom is 0.163 e. The number of piperazine rings is 1. The Morgan fingerprint density at radius 1 is 1.19 bits per heavy atom. The molecule has 2 aromatic rings. The number of hydrogen-bond acceptors (Lipinski definition) is 6. The number of likely N-dealkylation sites (N-methyl/N-ethyl adjacent to an activating group) is 1. The van der Waals surface area contributed by atoms with Gasteiger partial charge in [-0.05, 0) is 32.6 Å². The van der Waals surface area contributed by atoms with Gasteiger partial charge in [0, 0.05) is 32.7 Å². The van der Waals surface area contributed by atoms with Gasteiger partial charge in [-0.15, -0.1) is 0 Å². The van der Waals surface area contributed by atoms with Crippen molar-refractivity contribution < 1.29 is 0 Å². The van der Waals surface area contributed by atoms with E-state index in [2.05, 4.69) is 33.3 Å². The zero-order valence-electron chi connectivity index (χ0n) is 12.8.